The van der Waals surface area contributed by atoms with E-state index in [4.69, 9.17) is 9.16 Å². The van der Waals surface area contributed by atoms with Gasteiger partial charge in [-0.2, -0.15) is 4.31 Å². The van der Waals surface area contributed by atoms with Crippen LogP contribution in [-0.2, 0) is 24.0 Å². The molecule has 4 heterocycles. The van der Waals surface area contributed by atoms with Crippen LogP contribution in [0.2, 0.25) is 18.1 Å². The van der Waals surface area contributed by atoms with E-state index in [0.29, 0.717) is 26.3 Å². The van der Waals surface area contributed by atoms with Gasteiger partial charge in [-0.25, -0.2) is 8.42 Å². The third-order valence-corrected chi connectivity index (χ3v) is 15.4. The van der Waals surface area contributed by atoms with Crippen LogP contribution >= 0.6 is 0 Å². The van der Waals surface area contributed by atoms with Gasteiger partial charge in [0.25, 0.3) is 0 Å². The van der Waals surface area contributed by atoms with Crippen LogP contribution in [0, 0.1) is 6.92 Å². The van der Waals surface area contributed by atoms with Crippen molar-refractivity contribution in [3.63, 3.8) is 0 Å². The van der Waals surface area contributed by atoms with E-state index < -0.39 is 18.3 Å². The molecule has 1 atom stereocenters. The van der Waals surface area contributed by atoms with Crippen LogP contribution < -0.4 is 4.90 Å². The first-order chi connectivity index (χ1) is 20.2. The number of amides is 1. The van der Waals surface area contributed by atoms with Gasteiger partial charge in [-0.15, -0.1) is 0 Å². The maximum atomic E-state index is 13.8. The summed E-state index contributed by atoms with van der Waals surface area (Å²) in [6.45, 7) is 16.5. The molecule has 3 aromatic rings. The third kappa shape index (κ3) is 6.68. The van der Waals surface area contributed by atoms with Crippen LogP contribution in [0.1, 0.15) is 32.8 Å². The molecular weight excluding hydrogens is 583 g/mol. The summed E-state index contributed by atoms with van der Waals surface area (Å²) in [6.07, 6.45) is 2.85. The third-order valence-electron chi connectivity index (χ3n) is 9.05. The Morgan fingerprint density at radius 1 is 1.16 bits per heavy atom. The molecule has 2 aromatic heterocycles. The van der Waals surface area contributed by atoms with E-state index in [1.807, 2.05) is 31.3 Å². The highest BCUT2D eigenvalue weighted by Crippen LogP contribution is 2.40. The van der Waals surface area contributed by atoms with Crippen molar-refractivity contribution in [3.8, 4) is 11.3 Å². The zero-order valence-electron chi connectivity index (χ0n) is 26.4. The largest absolute Gasteiger partial charge is 0.412 e. The van der Waals surface area contributed by atoms with Crippen molar-refractivity contribution in [3.05, 3.63) is 42.1 Å². The summed E-state index contributed by atoms with van der Waals surface area (Å²) in [5.74, 6) is -0.229. The number of nitrogens with zero attached hydrogens (tertiary/aromatic N) is 4. The van der Waals surface area contributed by atoms with Crippen LogP contribution in [0.3, 0.4) is 0 Å². The fourth-order valence-corrected chi connectivity index (χ4v) is 7.96. The lowest BCUT2D eigenvalue weighted by Gasteiger charge is -2.38. The smallest absolute Gasteiger partial charge is 0.243 e. The summed E-state index contributed by atoms with van der Waals surface area (Å²) in [5, 5.41) is 0.117. The standard InChI is InChI=1S/C31H45N5O5SSi/c1-22-16-28-27(32-19-22)18-26(33-28)25-17-24(42(38,39)34(5)21-30(37)35-12-14-40-15-13-35)8-9-29(25)36-11-10-23(20-36)41-43(6,7)31(2,3)4/h8-9,16-19,23,33H,10-15,20-21H2,1-7H3/t23-/m1/s1. The number of fused-ring (bicyclic) bond motifs is 1. The second-order valence-corrected chi connectivity index (χ2v) is 20.1. The van der Waals surface area contributed by atoms with Gasteiger partial charge in [0.2, 0.25) is 15.9 Å². The van der Waals surface area contributed by atoms with Gasteiger partial charge in [0, 0.05) is 50.7 Å². The number of ether oxygens (including phenoxy) is 1. The highest BCUT2D eigenvalue weighted by atomic mass is 32.2. The number of carbonyl (C=O) groups excluding carboxylic acids is 1. The first-order valence-corrected chi connectivity index (χ1v) is 19.3. The van der Waals surface area contributed by atoms with Crippen LogP contribution in [-0.4, -0.2) is 101 Å². The molecular formula is C31H45N5O5SSi. The molecule has 12 heteroatoms. The number of benzene rings is 1. The number of morpholine rings is 1. The van der Waals surface area contributed by atoms with Gasteiger partial charge in [-0.3, -0.25) is 9.78 Å². The normalized spacial score (nSPS) is 18.7. The second kappa shape index (κ2) is 12.0. The molecule has 0 saturated carbocycles. The summed E-state index contributed by atoms with van der Waals surface area (Å²) in [6, 6.07) is 9.26. The average Bonchev–Trinajstić information content (AvgIpc) is 3.59. The Labute approximate surface area is 256 Å². The molecule has 10 nitrogen and oxygen atoms in total. The fourth-order valence-electron chi connectivity index (χ4n) is 5.43. The average molecular weight is 628 g/mol. The van der Waals surface area contributed by atoms with Crippen LogP contribution in [0.25, 0.3) is 22.3 Å². The van der Waals surface area contributed by atoms with Crippen molar-refractivity contribution >= 4 is 41.0 Å². The van der Waals surface area contributed by atoms with Gasteiger partial charge in [-0.05, 0) is 67.4 Å². The molecule has 1 amide bonds. The summed E-state index contributed by atoms with van der Waals surface area (Å²) < 4.78 is 40.7. The van der Waals surface area contributed by atoms with Gasteiger partial charge in [0.15, 0.2) is 8.32 Å². The Hall–Kier alpha value is -2.77. The van der Waals surface area contributed by atoms with Crippen molar-refractivity contribution in [2.24, 2.45) is 0 Å². The van der Waals surface area contributed by atoms with Gasteiger partial charge in [0.05, 0.1) is 47.5 Å². The number of anilines is 1. The Morgan fingerprint density at radius 2 is 1.88 bits per heavy atom. The second-order valence-electron chi connectivity index (χ2n) is 13.3. The van der Waals surface area contributed by atoms with E-state index in [9.17, 15) is 13.2 Å². The molecule has 1 N–H and O–H groups in total. The van der Waals surface area contributed by atoms with E-state index in [-0.39, 0.29) is 28.5 Å². The van der Waals surface area contributed by atoms with Crippen molar-refractivity contribution in [2.75, 3.05) is 57.9 Å². The lowest BCUT2D eigenvalue weighted by atomic mass is 10.1. The molecule has 0 spiro atoms. The SMILES string of the molecule is Cc1cnc2cc(-c3cc(S(=O)(=O)N(C)CC(=O)N4CCOCC4)ccc3N3CC[C@@H](O[Si](C)(C)C(C)(C)C)C3)[nH]c2c1. The number of sulfonamides is 1. The van der Waals surface area contributed by atoms with E-state index in [1.54, 1.807) is 17.0 Å². The number of aromatic nitrogens is 2. The van der Waals surface area contributed by atoms with Gasteiger partial charge in [0.1, 0.15) is 0 Å². The summed E-state index contributed by atoms with van der Waals surface area (Å²) >= 11 is 0. The van der Waals surface area contributed by atoms with Gasteiger partial charge >= 0.3 is 0 Å². The highest BCUT2D eigenvalue weighted by molar-refractivity contribution is 7.89. The Kier molecular flexibility index (Phi) is 8.80. The summed E-state index contributed by atoms with van der Waals surface area (Å²) in [4.78, 5) is 25.0. The predicted octanol–water partition coefficient (Wildman–Crippen LogP) is 4.62. The number of rotatable bonds is 8. The van der Waals surface area contributed by atoms with E-state index in [0.717, 1.165) is 57.4 Å². The Bertz CT molecular complexity index is 1590. The molecule has 0 unspecified atom stereocenters. The number of carbonyl (C=O) groups is 1. The number of pyridine rings is 1. The van der Waals surface area contributed by atoms with Crippen LogP contribution in [0.15, 0.2) is 41.4 Å². The maximum Gasteiger partial charge on any atom is 0.243 e. The van der Waals surface area contributed by atoms with Gasteiger partial charge < -0.3 is 23.9 Å². The monoisotopic (exact) mass is 627 g/mol. The molecule has 234 valence electrons. The van der Waals surface area contributed by atoms with Crippen LogP contribution in [0.4, 0.5) is 5.69 Å². The number of aryl methyl sites for hydroxylation is 1. The lowest BCUT2D eigenvalue weighted by molar-refractivity contribution is -0.135. The molecule has 2 fully saturated rings. The minimum Gasteiger partial charge on any atom is -0.412 e. The molecule has 0 bridgehead atoms. The molecule has 43 heavy (non-hydrogen) atoms. The lowest BCUT2D eigenvalue weighted by Crippen LogP contribution is -2.46. The molecule has 2 aliphatic heterocycles. The number of hydrogen-bond acceptors (Lipinski definition) is 7. The molecule has 0 aliphatic carbocycles. The quantitative estimate of drug-likeness (QED) is 0.363. The van der Waals surface area contributed by atoms with Gasteiger partial charge in [-0.1, -0.05) is 20.8 Å². The van der Waals surface area contributed by atoms with E-state index >= 15 is 0 Å². The minimum atomic E-state index is -3.94. The number of likely N-dealkylation sites (N-methyl/N-ethyl adjacent to an activating group) is 1. The van der Waals surface area contributed by atoms with E-state index in [2.05, 4.69) is 48.7 Å². The molecule has 1 aromatic carbocycles. The molecule has 2 aliphatic rings. The number of nitrogens with one attached hydrogen (secondary N) is 1. The predicted molar refractivity (Wildman–Crippen MR) is 172 cm³/mol. The first kappa shape index (κ1) is 31.6. The molecule has 0 radical (unpaired) electrons. The zero-order chi connectivity index (χ0) is 31.2. The summed E-state index contributed by atoms with van der Waals surface area (Å²) in [7, 11) is -4.43. The summed E-state index contributed by atoms with van der Waals surface area (Å²) in [5.41, 5.74) is 5.25. The number of H-pyrrole nitrogens is 1. The minimum absolute atomic E-state index is 0.113. The Morgan fingerprint density at radius 3 is 2.58 bits per heavy atom. The topological polar surface area (TPSA) is 108 Å². The Balaban J connectivity index is 1.47. The fraction of sp³-hybridized carbons (Fsp3) is 0.548. The number of aromatic amines is 1. The van der Waals surface area contributed by atoms with Crippen molar-refractivity contribution in [1.29, 1.82) is 0 Å². The van der Waals surface area contributed by atoms with Crippen molar-refractivity contribution < 1.29 is 22.4 Å². The number of hydrogen-bond donors (Lipinski definition) is 1. The highest BCUT2D eigenvalue weighted by Gasteiger charge is 2.41. The molecule has 5 rings (SSSR count). The van der Waals surface area contributed by atoms with E-state index in [1.165, 1.54) is 7.05 Å². The maximum absolute atomic E-state index is 13.8. The first-order valence-electron chi connectivity index (χ1n) is 15.0. The molecule has 2 saturated heterocycles. The van der Waals surface area contributed by atoms with Crippen molar-refractivity contribution in [1.82, 2.24) is 19.2 Å². The van der Waals surface area contributed by atoms with Crippen molar-refractivity contribution in [2.45, 2.75) is 63.2 Å². The zero-order valence-corrected chi connectivity index (χ0v) is 28.3. The van der Waals surface area contributed by atoms with Crippen LogP contribution in [0.5, 0.6) is 0 Å².